The van der Waals surface area contributed by atoms with Crippen molar-refractivity contribution in [2.24, 2.45) is 0 Å². The van der Waals surface area contributed by atoms with Crippen molar-refractivity contribution in [1.29, 1.82) is 0 Å². The van der Waals surface area contributed by atoms with E-state index in [1.807, 2.05) is 56.3 Å². The number of aliphatic hydroxyl groups is 1. The van der Waals surface area contributed by atoms with E-state index in [0.717, 1.165) is 5.56 Å². The highest BCUT2D eigenvalue weighted by Crippen LogP contribution is 2.28. The van der Waals surface area contributed by atoms with Crippen LogP contribution in [0.3, 0.4) is 0 Å². The Kier molecular flexibility index (Phi) is 8.31. The number of hydrogen-bond donors (Lipinski definition) is 2. The third-order valence-electron chi connectivity index (χ3n) is 5.18. The van der Waals surface area contributed by atoms with Crippen molar-refractivity contribution < 1.29 is 14.7 Å². The lowest BCUT2D eigenvalue weighted by atomic mass is 9.80. The number of anilines is 1. The first kappa shape index (κ1) is 22.5. The molecule has 0 aliphatic heterocycles. The van der Waals surface area contributed by atoms with E-state index in [9.17, 15) is 9.59 Å². The van der Waals surface area contributed by atoms with Gasteiger partial charge in [0.05, 0.1) is 5.54 Å². The number of Topliss-reactive ketones (excluding diaryl/α,β-unsaturated/α-hetero) is 1. The third-order valence-corrected chi connectivity index (χ3v) is 5.18. The van der Waals surface area contributed by atoms with E-state index in [2.05, 4.69) is 5.32 Å². The largest absolute Gasteiger partial charge is 0.396 e. The van der Waals surface area contributed by atoms with Gasteiger partial charge in [0.15, 0.2) is 5.78 Å². The van der Waals surface area contributed by atoms with Crippen molar-refractivity contribution in [2.45, 2.75) is 31.7 Å². The Morgan fingerprint density at radius 1 is 1.07 bits per heavy atom. The molecule has 1 unspecified atom stereocenters. The lowest BCUT2D eigenvalue weighted by molar-refractivity contribution is -0.111. The molecular formula is C24H30N2O3. The number of likely N-dealkylation sites (N-methyl/N-ethyl adjacent to an activating group) is 1. The highest BCUT2D eigenvalue weighted by molar-refractivity contribution is 6.04. The van der Waals surface area contributed by atoms with Gasteiger partial charge in [-0.2, -0.15) is 0 Å². The molecule has 2 aromatic rings. The molecule has 154 valence electrons. The molecular weight excluding hydrogens is 364 g/mol. The van der Waals surface area contributed by atoms with E-state index in [-0.39, 0.29) is 18.3 Å². The summed E-state index contributed by atoms with van der Waals surface area (Å²) in [7, 11) is 3.88. The number of benzene rings is 2. The third kappa shape index (κ3) is 5.86. The highest BCUT2D eigenvalue weighted by Gasteiger charge is 2.39. The van der Waals surface area contributed by atoms with Crippen LogP contribution in [0.15, 0.2) is 66.7 Å². The van der Waals surface area contributed by atoms with Gasteiger partial charge in [-0.05, 0) is 69.3 Å². The predicted octanol–water partition coefficient (Wildman–Crippen LogP) is 3.70. The molecule has 2 rings (SSSR count). The zero-order valence-corrected chi connectivity index (χ0v) is 17.4. The number of nitrogens with zero attached hydrogens (tertiary/aromatic N) is 1. The summed E-state index contributed by atoms with van der Waals surface area (Å²) in [5, 5.41) is 11.5. The number of hydrogen-bond acceptors (Lipinski definition) is 4. The van der Waals surface area contributed by atoms with Crippen molar-refractivity contribution in [2.75, 3.05) is 26.0 Å². The Bertz CT molecular complexity index is 829. The summed E-state index contributed by atoms with van der Waals surface area (Å²) >= 11 is 0. The van der Waals surface area contributed by atoms with Gasteiger partial charge in [0.1, 0.15) is 0 Å². The van der Waals surface area contributed by atoms with E-state index >= 15 is 0 Å². The summed E-state index contributed by atoms with van der Waals surface area (Å²) in [6, 6.07) is 17.0. The minimum Gasteiger partial charge on any atom is -0.396 e. The van der Waals surface area contributed by atoms with Crippen LogP contribution in [0, 0.1) is 0 Å². The number of amides is 1. The first-order valence-corrected chi connectivity index (χ1v) is 9.87. The first-order valence-electron chi connectivity index (χ1n) is 9.87. The monoisotopic (exact) mass is 394 g/mol. The number of nitrogens with one attached hydrogen (secondary N) is 1. The van der Waals surface area contributed by atoms with Crippen LogP contribution in [0.25, 0.3) is 0 Å². The van der Waals surface area contributed by atoms with Crippen LogP contribution >= 0.6 is 0 Å². The van der Waals surface area contributed by atoms with E-state index in [1.54, 1.807) is 30.3 Å². The Morgan fingerprint density at radius 2 is 1.72 bits per heavy atom. The van der Waals surface area contributed by atoms with Crippen molar-refractivity contribution in [3.63, 3.8) is 0 Å². The van der Waals surface area contributed by atoms with Crippen LogP contribution < -0.4 is 5.32 Å². The molecule has 0 fully saturated rings. The predicted molar refractivity (Wildman–Crippen MR) is 117 cm³/mol. The van der Waals surface area contributed by atoms with E-state index in [1.165, 1.54) is 6.08 Å². The van der Waals surface area contributed by atoms with Crippen LogP contribution in [-0.4, -0.2) is 47.9 Å². The molecule has 0 saturated heterocycles. The maximum absolute atomic E-state index is 13.5. The first-order chi connectivity index (χ1) is 13.9. The number of ketones is 1. The molecule has 0 aliphatic carbocycles. The minimum atomic E-state index is -0.640. The molecule has 0 saturated carbocycles. The SMILES string of the molecule is CCC(Cc1ccccc1)(C(=O)c1ccc(NC(=O)C=CCCO)cc1)N(C)C. The summed E-state index contributed by atoms with van der Waals surface area (Å²) in [4.78, 5) is 27.3. The average Bonchev–Trinajstić information content (AvgIpc) is 2.73. The van der Waals surface area contributed by atoms with Crippen molar-refractivity contribution in [3.8, 4) is 0 Å². The quantitative estimate of drug-likeness (QED) is 0.476. The lowest BCUT2D eigenvalue weighted by Gasteiger charge is -2.38. The van der Waals surface area contributed by atoms with Gasteiger partial charge in [-0.15, -0.1) is 0 Å². The zero-order chi connectivity index (χ0) is 21.3. The Hall–Kier alpha value is -2.76. The van der Waals surface area contributed by atoms with Gasteiger partial charge in [-0.1, -0.05) is 43.3 Å². The van der Waals surface area contributed by atoms with Gasteiger partial charge in [-0.25, -0.2) is 0 Å². The molecule has 1 atom stereocenters. The van der Waals surface area contributed by atoms with Crippen molar-refractivity contribution in [3.05, 3.63) is 77.9 Å². The van der Waals surface area contributed by atoms with Crippen LogP contribution in [-0.2, 0) is 11.2 Å². The van der Waals surface area contributed by atoms with E-state index in [0.29, 0.717) is 30.5 Å². The average molecular weight is 395 g/mol. The molecule has 5 nitrogen and oxygen atoms in total. The molecule has 0 radical (unpaired) electrons. The summed E-state index contributed by atoms with van der Waals surface area (Å²) in [6.07, 6.45) is 4.75. The van der Waals surface area contributed by atoms with Gasteiger partial charge < -0.3 is 10.4 Å². The topological polar surface area (TPSA) is 69.6 Å². The van der Waals surface area contributed by atoms with Crippen LogP contribution in [0.5, 0.6) is 0 Å². The van der Waals surface area contributed by atoms with Gasteiger partial charge in [0.25, 0.3) is 0 Å². The number of carbonyl (C=O) groups is 2. The molecule has 29 heavy (non-hydrogen) atoms. The van der Waals surface area contributed by atoms with Gasteiger partial charge in [-0.3, -0.25) is 14.5 Å². The molecule has 0 heterocycles. The van der Waals surface area contributed by atoms with Crippen LogP contribution in [0.2, 0.25) is 0 Å². The fourth-order valence-corrected chi connectivity index (χ4v) is 3.40. The second-order valence-electron chi connectivity index (χ2n) is 7.25. The normalized spacial score (nSPS) is 13.4. The molecule has 0 aliphatic rings. The maximum Gasteiger partial charge on any atom is 0.248 e. The van der Waals surface area contributed by atoms with Gasteiger partial charge in [0, 0.05) is 17.9 Å². The Morgan fingerprint density at radius 3 is 2.28 bits per heavy atom. The summed E-state index contributed by atoms with van der Waals surface area (Å²) < 4.78 is 0. The second-order valence-corrected chi connectivity index (χ2v) is 7.25. The highest BCUT2D eigenvalue weighted by atomic mass is 16.2. The van der Waals surface area contributed by atoms with Crippen molar-refractivity contribution in [1.82, 2.24) is 4.90 Å². The standard InChI is InChI=1S/C24H30N2O3/c1-4-24(26(2)3,18-19-10-6-5-7-11-19)23(29)20-13-15-21(16-14-20)25-22(28)12-8-9-17-27/h5-8,10-16,27H,4,9,17-18H2,1-3H3,(H,25,28). The maximum atomic E-state index is 13.5. The summed E-state index contributed by atoms with van der Waals surface area (Å²) in [5.41, 5.74) is 1.72. The van der Waals surface area contributed by atoms with Crippen LogP contribution in [0.1, 0.15) is 35.7 Å². The smallest absolute Gasteiger partial charge is 0.248 e. The molecule has 0 aromatic heterocycles. The fraction of sp³-hybridized carbons (Fsp3) is 0.333. The Labute approximate surface area is 173 Å². The second kappa shape index (κ2) is 10.7. The molecule has 2 aromatic carbocycles. The van der Waals surface area contributed by atoms with Crippen molar-refractivity contribution >= 4 is 17.4 Å². The van der Waals surface area contributed by atoms with E-state index in [4.69, 9.17) is 5.11 Å². The minimum absolute atomic E-state index is 0.00855. The number of rotatable bonds is 10. The molecule has 1 amide bonds. The number of carbonyl (C=O) groups excluding carboxylic acids is 2. The van der Waals surface area contributed by atoms with E-state index < -0.39 is 5.54 Å². The zero-order valence-electron chi connectivity index (χ0n) is 17.4. The Balaban J connectivity index is 2.20. The number of aliphatic hydroxyl groups excluding tert-OH is 1. The van der Waals surface area contributed by atoms with Crippen LogP contribution in [0.4, 0.5) is 5.69 Å². The fourth-order valence-electron chi connectivity index (χ4n) is 3.40. The van der Waals surface area contributed by atoms with Gasteiger partial charge >= 0.3 is 0 Å². The lowest BCUT2D eigenvalue weighted by Crippen LogP contribution is -2.52. The molecule has 0 bridgehead atoms. The van der Waals surface area contributed by atoms with Gasteiger partial charge in [0.2, 0.25) is 5.91 Å². The molecule has 2 N–H and O–H groups in total. The summed E-state index contributed by atoms with van der Waals surface area (Å²) in [5.74, 6) is -0.202. The summed E-state index contributed by atoms with van der Waals surface area (Å²) in [6.45, 7) is 2.04. The molecule has 0 spiro atoms. The molecule has 5 heteroatoms.